The molecule has 0 aliphatic rings. The number of carbonyl (C=O) groups excluding carboxylic acids is 1. The van der Waals surface area contributed by atoms with Crippen molar-refractivity contribution in [2.75, 3.05) is 14.2 Å². The van der Waals surface area contributed by atoms with Gasteiger partial charge in [0.15, 0.2) is 11.6 Å². The van der Waals surface area contributed by atoms with Gasteiger partial charge in [-0.05, 0) is 42.3 Å². The second-order valence-corrected chi connectivity index (χ2v) is 5.14. The van der Waals surface area contributed by atoms with E-state index < -0.39 is 5.82 Å². The van der Waals surface area contributed by atoms with E-state index in [-0.39, 0.29) is 17.7 Å². The van der Waals surface area contributed by atoms with Gasteiger partial charge in [0.25, 0.3) is 0 Å². The maximum atomic E-state index is 13.6. The Morgan fingerprint density at radius 1 is 1.39 bits per heavy atom. The van der Waals surface area contributed by atoms with Gasteiger partial charge >= 0.3 is 0 Å². The fourth-order valence-electron chi connectivity index (χ4n) is 2.11. The highest BCUT2D eigenvalue weighted by molar-refractivity contribution is 5.91. The fourth-order valence-corrected chi connectivity index (χ4v) is 2.11. The Bertz CT molecular complexity index is 701. The number of halogens is 1. The fraction of sp³-hybridized carbons (Fsp3) is 0.222. The molecule has 1 unspecified atom stereocenters. The van der Waals surface area contributed by atoms with Gasteiger partial charge in [-0.1, -0.05) is 12.1 Å². The first kappa shape index (κ1) is 16.7. The van der Waals surface area contributed by atoms with Crippen LogP contribution in [0.4, 0.5) is 4.39 Å². The van der Waals surface area contributed by atoms with E-state index in [9.17, 15) is 9.18 Å². The summed E-state index contributed by atoms with van der Waals surface area (Å²) in [6.45, 7) is 1.93. The van der Waals surface area contributed by atoms with Crippen molar-refractivity contribution in [1.82, 2.24) is 9.88 Å². The van der Waals surface area contributed by atoms with E-state index in [2.05, 4.69) is 4.98 Å². The van der Waals surface area contributed by atoms with Gasteiger partial charge in [-0.3, -0.25) is 9.78 Å². The second kappa shape index (κ2) is 7.54. The number of benzene rings is 1. The van der Waals surface area contributed by atoms with E-state index in [4.69, 9.17) is 4.74 Å². The Labute approximate surface area is 135 Å². The number of amides is 1. The normalized spacial score (nSPS) is 12.2. The zero-order valence-corrected chi connectivity index (χ0v) is 13.4. The number of methoxy groups -OCH3 is 1. The zero-order chi connectivity index (χ0) is 16.8. The Balaban J connectivity index is 2.07. The Morgan fingerprint density at radius 2 is 2.17 bits per heavy atom. The van der Waals surface area contributed by atoms with Crippen LogP contribution in [-0.4, -0.2) is 29.9 Å². The maximum Gasteiger partial charge on any atom is 0.246 e. The van der Waals surface area contributed by atoms with Gasteiger partial charge < -0.3 is 9.64 Å². The van der Waals surface area contributed by atoms with Crippen molar-refractivity contribution in [3.63, 3.8) is 0 Å². The molecule has 2 aromatic rings. The lowest BCUT2D eigenvalue weighted by Gasteiger charge is -2.23. The maximum absolute atomic E-state index is 13.6. The SMILES string of the molecule is COc1ccc(C=CC(=O)N(C)C(C)c2cccnc2)cc1F. The van der Waals surface area contributed by atoms with Gasteiger partial charge in [0, 0.05) is 25.5 Å². The summed E-state index contributed by atoms with van der Waals surface area (Å²) >= 11 is 0. The minimum atomic E-state index is -0.459. The molecule has 1 aromatic carbocycles. The van der Waals surface area contributed by atoms with Gasteiger partial charge in [-0.15, -0.1) is 0 Å². The molecule has 0 fully saturated rings. The molecule has 0 saturated heterocycles. The number of likely N-dealkylation sites (N-methyl/N-ethyl adjacent to an activating group) is 1. The third kappa shape index (κ3) is 4.16. The Morgan fingerprint density at radius 3 is 2.78 bits per heavy atom. The van der Waals surface area contributed by atoms with Crippen molar-refractivity contribution in [2.24, 2.45) is 0 Å². The molecule has 0 saturated carbocycles. The number of ether oxygens (including phenoxy) is 1. The largest absolute Gasteiger partial charge is 0.494 e. The van der Waals surface area contributed by atoms with Gasteiger partial charge in [0.05, 0.1) is 13.2 Å². The minimum absolute atomic E-state index is 0.103. The number of pyridine rings is 1. The molecule has 0 aliphatic carbocycles. The topological polar surface area (TPSA) is 42.4 Å². The quantitative estimate of drug-likeness (QED) is 0.794. The first-order chi connectivity index (χ1) is 11.0. The summed E-state index contributed by atoms with van der Waals surface area (Å²) < 4.78 is 18.5. The summed E-state index contributed by atoms with van der Waals surface area (Å²) in [5.74, 6) is -0.451. The van der Waals surface area contributed by atoms with Crippen LogP contribution in [-0.2, 0) is 4.79 Å². The number of aromatic nitrogens is 1. The summed E-state index contributed by atoms with van der Waals surface area (Å²) in [5, 5.41) is 0. The predicted molar refractivity (Wildman–Crippen MR) is 87.4 cm³/mol. The molecular weight excluding hydrogens is 295 g/mol. The molecule has 23 heavy (non-hydrogen) atoms. The van der Waals surface area contributed by atoms with Crippen molar-refractivity contribution in [3.8, 4) is 5.75 Å². The molecule has 2 rings (SSSR count). The molecule has 4 nitrogen and oxygen atoms in total. The summed E-state index contributed by atoms with van der Waals surface area (Å²) in [6.07, 6.45) is 6.43. The van der Waals surface area contributed by atoms with Gasteiger partial charge in [0.2, 0.25) is 5.91 Å². The molecule has 0 N–H and O–H groups in total. The average molecular weight is 314 g/mol. The van der Waals surface area contributed by atoms with Gasteiger partial charge in [0.1, 0.15) is 0 Å². The highest BCUT2D eigenvalue weighted by Crippen LogP contribution is 2.20. The molecule has 5 heteroatoms. The van der Waals surface area contributed by atoms with Crippen LogP contribution >= 0.6 is 0 Å². The number of rotatable bonds is 5. The van der Waals surface area contributed by atoms with E-state index in [1.165, 1.54) is 25.3 Å². The van der Waals surface area contributed by atoms with E-state index in [0.29, 0.717) is 5.56 Å². The lowest BCUT2D eigenvalue weighted by Crippen LogP contribution is -2.28. The second-order valence-electron chi connectivity index (χ2n) is 5.14. The highest BCUT2D eigenvalue weighted by Gasteiger charge is 2.15. The van der Waals surface area contributed by atoms with Crippen molar-refractivity contribution >= 4 is 12.0 Å². The molecule has 0 aliphatic heterocycles. The molecule has 0 spiro atoms. The highest BCUT2D eigenvalue weighted by atomic mass is 19.1. The van der Waals surface area contributed by atoms with Crippen LogP contribution in [0.1, 0.15) is 24.1 Å². The number of hydrogen-bond donors (Lipinski definition) is 0. The molecular formula is C18H19FN2O2. The smallest absolute Gasteiger partial charge is 0.246 e. The molecule has 1 aromatic heterocycles. The predicted octanol–water partition coefficient (Wildman–Crippen LogP) is 3.46. The Kier molecular flexibility index (Phi) is 5.46. The van der Waals surface area contributed by atoms with Crippen LogP contribution in [0.2, 0.25) is 0 Å². The first-order valence-corrected chi connectivity index (χ1v) is 7.21. The number of nitrogens with zero attached hydrogens (tertiary/aromatic N) is 2. The molecule has 0 radical (unpaired) electrons. The molecule has 0 bridgehead atoms. The summed E-state index contributed by atoms with van der Waals surface area (Å²) in [7, 11) is 3.13. The lowest BCUT2D eigenvalue weighted by atomic mass is 10.1. The third-order valence-electron chi connectivity index (χ3n) is 3.69. The lowest BCUT2D eigenvalue weighted by molar-refractivity contribution is -0.126. The zero-order valence-electron chi connectivity index (χ0n) is 13.4. The van der Waals surface area contributed by atoms with Crippen LogP contribution in [0.15, 0.2) is 48.8 Å². The van der Waals surface area contributed by atoms with Gasteiger partial charge in [-0.2, -0.15) is 0 Å². The van der Waals surface area contributed by atoms with Crippen molar-refractivity contribution in [1.29, 1.82) is 0 Å². The minimum Gasteiger partial charge on any atom is -0.494 e. The first-order valence-electron chi connectivity index (χ1n) is 7.21. The molecule has 1 atom stereocenters. The van der Waals surface area contributed by atoms with Crippen LogP contribution < -0.4 is 4.74 Å². The number of carbonyl (C=O) groups is 1. The van der Waals surface area contributed by atoms with Crippen LogP contribution in [0, 0.1) is 5.82 Å². The summed E-state index contributed by atoms with van der Waals surface area (Å²) in [5.41, 5.74) is 1.55. The van der Waals surface area contributed by atoms with E-state index in [1.807, 2.05) is 19.1 Å². The third-order valence-corrected chi connectivity index (χ3v) is 3.69. The van der Waals surface area contributed by atoms with E-state index in [1.54, 1.807) is 36.5 Å². The summed E-state index contributed by atoms with van der Waals surface area (Å²) in [6, 6.07) is 8.20. The summed E-state index contributed by atoms with van der Waals surface area (Å²) in [4.78, 5) is 17.9. The van der Waals surface area contributed by atoms with Crippen LogP contribution in [0.3, 0.4) is 0 Å². The van der Waals surface area contributed by atoms with Crippen molar-refractivity contribution in [2.45, 2.75) is 13.0 Å². The number of hydrogen-bond acceptors (Lipinski definition) is 3. The molecule has 1 amide bonds. The van der Waals surface area contributed by atoms with Crippen molar-refractivity contribution < 1.29 is 13.9 Å². The van der Waals surface area contributed by atoms with Crippen LogP contribution in [0.25, 0.3) is 6.08 Å². The standard InChI is InChI=1S/C18H19FN2O2/c1-13(15-5-4-10-20-12-15)21(2)18(22)9-7-14-6-8-17(23-3)16(19)11-14/h4-13H,1-3H3. The van der Waals surface area contributed by atoms with Crippen molar-refractivity contribution in [3.05, 3.63) is 65.7 Å². The monoisotopic (exact) mass is 314 g/mol. The molecule has 1 heterocycles. The molecule has 120 valence electrons. The Hall–Kier alpha value is -2.69. The van der Waals surface area contributed by atoms with E-state index in [0.717, 1.165) is 5.56 Å². The van der Waals surface area contributed by atoms with E-state index >= 15 is 0 Å². The van der Waals surface area contributed by atoms with Crippen LogP contribution in [0.5, 0.6) is 5.75 Å². The van der Waals surface area contributed by atoms with Gasteiger partial charge in [-0.25, -0.2) is 4.39 Å². The average Bonchev–Trinajstić information content (AvgIpc) is 2.59.